The smallest absolute Gasteiger partial charge is 0.257 e. The normalized spacial score (nSPS) is 10.3. The number of rotatable bonds is 6. The third kappa shape index (κ3) is 3.75. The van der Waals surface area contributed by atoms with Gasteiger partial charge in [-0.2, -0.15) is 0 Å². The summed E-state index contributed by atoms with van der Waals surface area (Å²) >= 11 is 1.29. The largest absolute Gasteiger partial charge is 0.494 e. The quantitative estimate of drug-likeness (QED) is 0.885. The molecule has 0 aliphatic rings. The topological polar surface area (TPSA) is 73.3 Å². The maximum absolute atomic E-state index is 12.0. The minimum Gasteiger partial charge on any atom is -0.494 e. The van der Waals surface area contributed by atoms with Gasteiger partial charge in [-0.25, -0.2) is 0 Å². The van der Waals surface area contributed by atoms with Gasteiger partial charge in [0.15, 0.2) is 0 Å². The van der Waals surface area contributed by atoms with Crippen molar-refractivity contribution in [2.24, 2.45) is 0 Å². The highest BCUT2D eigenvalue weighted by Gasteiger charge is 2.10. The van der Waals surface area contributed by atoms with Gasteiger partial charge in [0.1, 0.15) is 17.4 Å². The summed E-state index contributed by atoms with van der Waals surface area (Å²) in [4.78, 5) is 12.0. The Balaban J connectivity index is 1.99. The molecule has 1 amide bonds. The monoisotopic (exact) mass is 293 g/mol. The number of nitrogens with one attached hydrogen (secondary N) is 1. The molecule has 1 N–H and O–H groups in total. The predicted octanol–water partition coefficient (Wildman–Crippen LogP) is 2.34. The molecule has 0 radical (unpaired) electrons. The molecule has 6 nitrogen and oxygen atoms in total. The van der Waals surface area contributed by atoms with Crippen LogP contribution in [0.5, 0.6) is 5.75 Å². The van der Waals surface area contributed by atoms with Gasteiger partial charge in [0.05, 0.1) is 6.61 Å². The van der Waals surface area contributed by atoms with Crippen molar-refractivity contribution in [1.82, 2.24) is 10.2 Å². The van der Waals surface area contributed by atoms with Crippen LogP contribution < -0.4 is 10.1 Å². The van der Waals surface area contributed by atoms with E-state index in [1.54, 1.807) is 31.4 Å². The van der Waals surface area contributed by atoms with Gasteiger partial charge in [0.25, 0.3) is 5.91 Å². The van der Waals surface area contributed by atoms with Crippen LogP contribution in [0, 0.1) is 0 Å². The zero-order valence-electron chi connectivity index (χ0n) is 11.3. The van der Waals surface area contributed by atoms with Gasteiger partial charge in [0, 0.05) is 12.7 Å². The van der Waals surface area contributed by atoms with Crippen molar-refractivity contribution in [2.75, 3.05) is 19.0 Å². The zero-order valence-corrected chi connectivity index (χ0v) is 12.1. The molecule has 0 aliphatic carbocycles. The second kappa shape index (κ2) is 6.97. The van der Waals surface area contributed by atoms with Crippen LogP contribution >= 0.6 is 11.3 Å². The second-order valence-electron chi connectivity index (χ2n) is 3.85. The molecule has 2 rings (SSSR count). The molecule has 0 spiro atoms. The number of benzene rings is 1. The summed E-state index contributed by atoms with van der Waals surface area (Å²) in [5.74, 6) is 0.510. The molecular formula is C13H15N3O3S. The minimum atomic E-state index is -0.229. The Morgan fingerprint density at radius 3 is 2.70 bits per heavy atom. The first kappa shape index (κ1) is 14.4. The molecule has 0 saturated carbocycles. The zero-order chi connectivity index (χ0) is 14.4. The molecule has 7 heteroatoms. The van der Waals surface area contributed by atoms with Crippen LogP contribution in [0.3, 0.4) is 0 Å². The van der Waals surface area contributed by atoms with Crippen molar-refractivity contribution < 1.29 is 14.3 Å². The van der Waals surface area contributed by atoms with E-state index in [0.717, 1.165) is 10.8 Å². The first-order valence-corrected chi connectivity index (χ1v) is 6.90. The molecule has 0 bridgehead atoms. The number of hydrogen-bond acceptors (Lipinski definition) is 6. The summed E-state index contributed by atoms with van der Waals surface area (Å²) in [5, 5.41) is 11.6. The highest BCUT2D eigenvalue weighted by atomic mass is 32.1. The Hall–Kier alpha value is -1.99. The molecule has 0 saturated heterocycles. The molecular weight excluding hydrogens is 278 g/mol. The first-order valence-electron chi connectivity index (χ1n) is 6.08. The Bertz CT molecular complexity index is 568. The standard InChI is InChI=1S/C13H15N3O3S/c1-3-19-10-6-4-9(5-7-10)12(17)14-13-16-15-11(20-13)8-18-2/h4-7H,3,8H2,1-2H3,(H,14,16,17). The van der Waals surface area contributed by atoms with Gasteiger partial charge < -0.3 is 9.47 Å². The molecule has 1 aromatic carbocycles. The van der Waals surface area contributed by atoms with Gasteiger partial charge in [-0.15, -0.1) is 10.2 Å². The summed E-state index contributed by atoms with van der Waals surface area (Å²) in [6.07, 6.45) is 0. The Labute approximate surface area is 120 Å². The maximum atomic E-state index is 12.0. The van der Waals surface area contributed by atoms with Crippen molar-refractivity contribution in [3.63, 3.8) is 0 Å². The number of methoxy groups -OCH3 is 1. The van der Waals surface area contributed by atoms with Gasteiger partial charge in [-0.3, -0.25) is 10.1 Å². The molecule has 0 atom stereocenters. The number of nitrogens with zero attached hydrogens (tertiary/aromatic N) is 2. The van der Waals surface area contributed by atoms with E-state index in [1.165, 1.54) is 11.3 Å². The summed E-state index contributed by atoms with van der Waals surface area (Å²) in [5.41, 5.74) is 0.539. The predicted molar refractivity (Wildman–Crippen MR) is 76.2 cm³/mol. The SMILES string of the molecule is CCOc1ccc(C(=O)Nc2nnc(COC)s2)cc1. The van der Waals surface area contributed by atoms with Crippen molar-refractivity contribution in [3.05, 3.63) is 34.8 Å². The first-order chi connectivity index (χ1) is 9.72. The number of aromatic nitrogens is 2. The lowest BCUT2D eigenvalue weighted by Gasteiger charge is -2.04. The Morgan fingerprint density at radius 1 is 1.30 bits per heavy atom. The van der Waals surface area contributed by atoms with Crippen molar-refractivity contribution in [2.45, 2.75) is 13.5 Å². The average Bonchev–Trinajstić information content (AvgIpc) is 2.88. The van der Waals surface area contributed by atoms with Crippen LogP contribution in [-0.4, -0.2) is 29.8 Å². The summed E-state index contributed by atoms with van der Waals surface area (Å²) < 4.78 is 10.3. The van der Waals surface area contributed by atoms with E-state index >= 15 is 0 Å². The Kier molecular flexibility index (Phi) is 5.03. The van der Waals surface area contributed by atoms with Gasteiger partial charge >= 0.3 is 0 Å². The van der Waals surface area contributed by atoms with Crippen LogP contribution in [-0.2, 0) is 11.3 Å². The summed E-state index contributed by atoms with van der Waals surface area (Å²) in [7, 11) is 1.58. The van der Waals surface area contributed by atoms with Gasteiger partial charge in [-0.1, -0.05) is 11.3 Å². The molecule has 2 aromatic rings. The lowest BCUT2D eigenvalue weighted by molar-refractivity contribution is 0.102. The molecule has 1 aromatic heterocycles. The minimum absolute atomic E-state index is 0.229. The van der Waals surface area contributed by atoms with E-state index < -0.39 is 0 Å². The summed E-state index contributed by atoms with van der Waals surface area (Å²) in [6.45, 7) is 2.89. The lowest BCUT2D eigenvalue weighted by Crippen LogP contribution is -2.11. The maximum Gasteiger partial charge on any atom is 0.257 e. The van der Waals surface area contributed by atoms with E-state index in [-0.39, 0.29) is 5.91 Å². The Morgan fingerprint density at radius 2 is 2.05 bits per heavy atom. The molecule has 0 fully saturated rings. The van der Waals surface area contributed by atoms with Crippen LogP contribution in [0.2, 0.25) is 0 Å². The third-order valence-electron chi connectivity index (χ3n) is 2.38. The van der Waals surface area contributed by atoms with E-state index in [2.05, 4.69) is 15.5 Å². The van der Waals surface area contributed by atoms with Crippen molar-refractivity contribution in [3.8, 4) is 5.75 Å². The van der Waals surface area contributed by atoms with Crippen LogP contribution in [0.1, 0.15) is 22.3 Å². The highest BCUT2D eigenvalue weighted by Crippen LogP contribution is 2.18. The van der Waals surface area contributed by atoms with Crippen molar-refractivity contribution in [1.29, 1.82) is 0 Å². The fourth-order valence-corrected chi connectivity index (χ4v) is 2.23. The molecule has 0 unspecified atom stereocenters. The van der Waals surface area contributed by atoms with Gasteiger partial charge in [0.2, 0.25) is 5.13 Å². The highest BCUT2D eigenvalue weighted by molar-refractivity contribution is 7.15. The molecule has 1 heterocycles. The summed E-state index contributed by atoms with van der Waals surface area (Å²) in [6, 6.07) is 6.93. The molecule has 20 heavy (non-hydrogen) atoms. The lowest BCUT2D eigenvalue weighted by atomic mass is 10.2. The van der Waals surface area contributed by atoms with E-state index in [4.69, 9.17) is 9.47 Å². The fourth-order valence-electron chi connectivity index (χ4n) is 1.52. The fraction of sp³-hybridized carbons (Fsp3) is 0.308. The van der Waals surface area contributed by atoms with Gasteiger partial charge in [-0.05, 0) is 31.2 Å². The molecule has 106 valence electrons. The number of carbonyl (C=O) groups excluding carboxylic acids is 1. The van der Waals surface area contributed by atoms with Crippen molar-refractivity contribution >= 4 is 22.4 Å². The van der Waals surface area contributed by atoms with Crippen LogP contribution in [0.15, 0.2) is 24.3 Å². The van der Waals surface area contributed by atoms with E-state index in [1.807, 2.05) is 6.92 Å². The number of carbonyl (C=O) groups is 1. The second-order valence-corrected chi connectivity index (χ2v) is 4.91. The van der Waals surface area contributed by atoms with Crippen LogP contribution in [0.4, 0.5) is 5.13 Å². The van der Waals surface area contributed by atoms with E-state index in [0.29, 0.717) is 23.9 Å². The van der Waals surface area contributed by atoms with Crippen LogP contribution in [0.25, 0.3) is 0 Å². The average molecular weight is 293 g/mol. The third-order valence-corrected chi connectivity index (χ3v) is 3.19. The molecule has 0 aliphatic heterocycles. The number of anilines is 1. The number of hydrogen-bond donors (Lipinski definition) is 1. The number of ether oxygens (including phenoxy) is 2. The number of amides is 1. The van der Waals surface area contributed by atoms with E-state index in [9.17, 15) is 4.79 Å².